The molecule has 1 atom stereocenters. The van der Waals surface area contributed by atoms with Gasteiger partial charge >= 0.3 is 11.9 Å². The summed E-state index contributed by atoms with van der Waals surface area (Å²) in [6.45, 7) is 0.815. The fraction of sp³-hybridized carbons (Fsp3) is 0.500. The Morgan fingerprint density at radius 1 is 1.65 bits per heavy atom. The van der Waals surface area contributed by atoms with Crippen molar-refractivity contribution in [2.75, 3.05) is 6.61 Å². The molecule has 1 aromatic rings. The number of nitrogens with two attached hydrogens (primary N) is 1. The number of halogens is 2. The van der Waals surface area contributed by atoms with Gasteiger partial charge < -0.3 is 20.0 Å². The summed E-state index contributed by atoms with van der Waals surface area (Å²) >= 11 is 0. The minimum atomic E-state index is -3.87. The van der Waals surface area contributed by atoms with E-state index in [4.69, 9.17) is 15.3 Å². The average molecular weight is 249 g/mol. The third-order valence-electron chi connectivity index (χ3n) is 2.08. The van der Waals surface area contributed by atoms with E-state index in [1.807, 2.05) is 0 Å². The molecule has 0 aromatic carbocycles. The van der Waals surface area contributed by atoms with Crippen LogP contribution in [0.15, 0.2) is 16.5 Å². The Bertz CT molecular complexity index is 391. The highest BCUT2D eigenvalue weighted by molar-refractivity contribution is 5.78. The van der Waals surface area contributed by atoms with Crippen LogP contribution in [0.5, 0.6) is 0 Å². The van der Waals surface area contributed by atoms with Crippen molar-refractivity contribution >= 4 is 5.97 Å². The molecule has 0 aliphatic carbocycles. The number of alkyl halides is 2. The lowest BCUT2D eigenvalue weighted by Gasteiger charge is -2.19. The van der Waals surface area contributed by atoms with Gasteiger partial charge in [-0.3, -0.25) is 0 Å². The topological polar surface area (TPSA) is 85.7 Å². The first-order valence-electron chi connectivity index (χ1n) is 4.93. The number of furan rings is 1. The monoisotopic (exact) mass is 249 g/mol. The quantitative estimate of drug-likeness (QED) is 0.759. The van der Waals surface area contributed by atoms with Crippen LogP contribution in [0, 0.1) is 0 Å². The molecule has 0 fully saturated rings. The van der Waals surface area contributed by atoms with Crippen molar-refractivity contribution in [1.82, 2.24) is 0 Å². The third kappa shape index (κ3) is 2.80. The SMILES string of the molecule is CCOC(=O)C(F)(F)[C@@H](N)c1ccc(CO)o1. The maximum atomic E-state index is 13.5. The van der Waals surface area contributed by atoms with Crippen molar-refractivity contribution in [2.45, 2.75) is 25.5 Å². The van der Waals surface area contributed by atoms with Gasteiger partial charge in [0.05, 0.1) is 6.61 Å². The fourth-order valence-electron chi connectivity index (χ4n) is 1.18. The van der Waals surface area contributed by atoms with Crippen LogP contribution in [-0.4, -0.2) is 23.6 Å². The number of carbonyl (C=O) groups excluding carboxylic acids is 1. The number of aliphatic hydroxyl groups is 1. The van der Waals surface area contributed by atoms with Crippen LogP contribution < -0.4 is 5.73 Å². The van der Waals surface area contributed by atoms with Gasteiger partial charge in [0.15, 0.2) is 0 Å². The zero-order valence-corrected chi connectivity index (χ0v) is 9.15. The number of carbonyl (C=O) groups is 1. The molecular weight excluding hydrogens is 236 g/mol. The second-order valence-corrected chi connectivity index (χ2v) is 3.28. The largest absolute Gasteiger partial charge is 0.462 e. The van der Waals surface area contributed by atoms with Crippen LogP contribution in [0.1, 0.15) is 24.5 Å². The Balaban J connectivity index is 2.87. The highest BCUT2D eigenvalue weighted by Crippen LogP contribution is 2.31. The zero-order chi connectivity index (χ0) is 13.1. The highest BCUT2D eigenvalue weighted by Gasteiger charge is 2.49. The van der Waals surface area contributed by atoms with Crippen molar-refractivity contribution in [3.05, 3.63) is 23.7 Å². The molecule has 1 aromatic heterocycles. The number of hydrogen-bond acceptors (Lipinski definition) is 5. The Kier molecular flexibility index (Phi) is 4.19. The van der Waals surface area contributed by atoms with E-state index >= 15 is 0 Å². The second kappa shape index (κ2) is 5.24. The number of esters is 1. The maximum Gasteiger partial charge on any atom is 0.379 e. The summed E-state index contributed by atoms with van der Waals surface area (Å²) in [7, 11) is 0. The van der Waals surface area contributed by atoms with Crippen LogP contribution in [0.2, 0.25) is 0 Å². The minimum absolute atomic E-state index is 0.0927. The lowest BCUT2D eigenvalue weighted by molar-refractivity contribution is -0.175. The third-order valence-corrected chi connectivity index (χ3v) is 2.08. The van der Waals surface area contributed by atoms with E-state index in [1.54, 1.807) is 0 Å². The summed E-state index contributed by atoms with van der Waals surface area (Å²) in [5.41, 5.74) is 5.25. The van der Waals surface area contributed by atoms with Crippen molar-refractivity contribution in [1.29, 1.82) is 0 Å². The van der Waals surface area contributed by atoms with E-state index in [0.717, 1.165) is 0 Å². The molecule has 0 aliphatic rings. The average Bonchev–Trinajstić information content (AvgIpc) is 2.76. The van der Waals surface area contributed by atoms with Gasteiger partial charge in [0.25, 0.3) is 0 Å². The smallest absolute Gasteiger partial charge is 0.379 e. The summed E-state index contributed by atoms with van der Waals surface area (Å²) in [6.07, 6.45) is 0. The first-order chi connectivity index (χ1) is 7.93. The number of rotatable bonds is 5. The van der Waals surface area contributed by atoms with Crippen LogP contribution in [0.4, 0.5) is 8.78 Å². The van der Waals surface area contributed by atoms with Gasteiger partial charge in [-0.2, -0.15) is 8.78 Å². The van der Waals surface area contributed by atoms with Crippen LogP contribution in [-0.2, 0) is 16.1 Å². The molecule has 0 saturated heterocycles. The van der Waals surface area contributed by atoms with Gasteiger partial charge in [0, 0.05) is 0 Å². The van der Waals surface area contributed by atoms with E-state index < -0.39 is 24.5 Å². The predicted octanol–water partition coefficient (Wildman–Crippen LogP) is 0.970. The molecule has 96 valence electrons. The molecule has 0 saturated carbocycles. The van der Waals surface area contributed by atoms with E-state index in [-0.39, 0.29) is 18.1 Å². The summed E-state index contributed by atoms with van der Waals surface area (Å²) in [5.74, 6) is -5.77. The Morgan fingerprint density at radius 2 is 2.29 bits per heavy atom. The summed E-state index contributed by atoms with van der Waals surface area (Å²) < 4.78 is 36.0. The summed E-state index contributed by atoms with van der Waals surface area (Å²) in [5, 5.41) is 8.72. The van der Waals surface area contributed by atoms with Crippen LogP contribution in [0.3, 0.4) is 0 Å². The molecule has 0 amide bonds. The lowest BCUT2D eigenvalue weighted by Crippen LogP contribution is -2.41. The molecular formula is C10H13F2NO4. The van der Waals surface area contributed by atoms with E-state index in [1.165, 1.54) is 19.1 Å². The molecule has 5 nitrogen and oxygen atoms in total. The first-order valence-corrected chi connectivity index (χ1v) is 4.93. The van der Waals surface area contributed by atoms with Crippen LogP contribution in [0.25, 0.3) is 0 Å². The summed E-state index contributed by atoms with van der Waals surface area (Å²) in [4.78, 5) is 11.0. The molecule has 0 bridgehead atoms. The predicted molar refractivity (Wildman–Crippen MR) is 53.1 cm³/mol. The number of hydrogen-bond donors (Lipinski definition) is 2. The fourth-order valence-corrected chi connectivity index (χ4v) is 1.18. The van der Waals surface area contributed by atoms with E-state index in [2.05, 4.69) is 4.74 Å². The van der Waals surface area contributed by atoms with Gasteiger partial charge in [-0.05, 0) is 19.1 Å². The normalized spacial score (nSPS) is 13.5. The maximum absolute atomic E-state index is 13.5. The standard InChI is InChI=1S/C10H13F2NO4/c1-2-16-9(15)10(11,12)8(13)7-4-3-6(5-14)17-7/h3-4,8,14H,2,5,13H2,1H3/t8-/m0/s1. The van der Waals surface area contributed by atoms with E-state index in [0.29, 0.717) is 0 Å². The lowest BCUT2D eigenvalue weighted by atomic mass is 10.1. The molecule has 17 heavy (non-hydrogen) atoms. The Labute approximate surface area is 96.2 Å². The molecule has 3 N–H and O–H groups in total. The molecule has 7 heteroatoms. The van der Waals surface area contributed by atoms with Crippen molar-refractivity contribution < 1.29 is 27.8 Å². The molecule has 1 rings (SSSR count). The number of aliphatic hydroxyl groups excluding tert-OH is 1. The van der Waals surface area contributed by atoms with Gasteiger partial charge in [-0.15, -0.1) is 0 Å². The van der Waals surface area contributed by atoms with Gasteiger partial charge in [-0.1, -0.05) is 0 Å². The molecule has 0 spiro atoms. The second-order valence-electron chi connectivity index (χ2n) is 3.28. The van der Waals surface area contributed by atoms with Gasteiger partial charge in [-0.25, -0.2) is 4.79 Å². The Hall–Kier alpha value is -1.47. The highest BCUT2D eigenvalue weighted by atomic mass is 19.3. The molecule has 1 heterocycles. The van der Waals surface area contributed by atoms with E-state index in [9.17, 15) is 13.6 Å². The molecule has 0 radical (unpaired) electrons. The van der Waals surface area contributed by atoms with Gasteiger partial charge in [0.1, 0.15) is 24.2 Å². The molecule has 0 aliphatic heterocycles. The number of ether oxygens (including phenoxy) is 1. The molecule has 0 unspecified atom stereocenters. The van der Waals surface area contributed by atoms with Crippen molar-refractivity contribution in [3.8, 4) is 0 Å². The summed E-state index contributed by atoms with van der Waals surface area (Å²) in [6, 6.07) is 0.543. The first kappa shape index (κ1) is 13.6. The Morgan fingerprint density at radius 3 is 2.76 bits per heavy atom. The van der Waals surface area contributed by atoms with Crippen molar-refractivity contribution in [2.24, 2.45) is 5.73 Å². The zero-order valence-electron chi connectivity index (χ0n) is 9.15. The van der Waals surface area contributed by atoms with Crippen molar-refractivity contribution in [3.63, 3.8) is 0 Å². The minimum Gasteiger partial charge on any atom is -0.462 e. The van der Waals surface area contributed by atoms with Crippen LogP contribution >= 0.6 is 0 Å². The van der Waals surface area contributed by atoms with Gasteiger partial charge in [0.2, 0.25) is 0 Å².